The van der Waals surface area contributed by atoms with Crippen LogP contribution < -0.4 is 0 Å². The summed E-state index contributed by atoms with van der Waals surface area (Å²) in [5.74, 6) is -0.523. The van der Waals surface area contributed by atoms with E-state index in [9.17, 15) is 9.59 Å². The van der Waals surface area contributed by atoms with Gasteiger partial charge in [0.2, 0.25) is 0 Å². The first-order chi connectivity index (χ1) is 7.61. The van der Waals surface area contributed by atoms with Crippen LogP contribution in [0.3, 0.4) is 0 Å². The lowest BCUT2D eigenvalue weighted by Crippen LogP contribution is -2.48. The Kier molecular flexibility index (Phi) is 1.86. The molecule has 3 nitrogen and oxygen atoms in total. The van der Waals surface area contributed by atoms with Crippen LogP contribution in [-0.4, -0.2) is 11.9 Å². The summed E-state index contributed by atoms with van der Waals surface area (Å²) in [5.41, 5.74) is 0.201. The molecule has 1 aliphatic heterocycles. The van der Waals surface area contributed by atoms with E-state index in [0.717, 1.165) is 32.1 Å². The summed E-state index contributed by atoms with van der Waals surface area (Å²) in [4.78, 5) is 24.0. The average Bonchev–Trinajstić information content (AvgIpc) is 2.49. The van der Waals surface area contributed by atoms with Crippen molar-refractivity contribution in [1.82, 2.24) is 0 Å². The predicted octanol–water partition coefficient (Wildman–Crippen LogP) is 2.36. The first kappa shape index (κ1) is 10.1. The van der Waals surface area contributed by atoms with Crippen molar-refractivity contribution in [1.29, 1.82) is 0 Å². The predicted molar refractivity (Wildman–Crippen MR) is 57.4 cm³/mol. The topological polar surface area (TPSA) is 43.4 Å². The fourth-order valence-electron chi connectivity index (χ4n) is 3.81. The van der Waals surface area contributed by atoms with E-state index >= 15 is 0 Å². The molecule has 3 rings (SSSR count). The highest BCUT2D eigenvalue weighted by Crippen LogP contribution is 2.62. The zero-order chi connectivity index (χ0) is 11.4. The zero-order valence-corrected chi connectivity index (χ0v) is 9.54. The van der Waals surface area contributed by atoms with Crippen molar-refractivity contribution >= 4 is 11.9 Å². The highest BCUT2D eigenvalue weighted by molar-refractivity contribution is 6.02. The molecule has 2 atom stereocenters. The molecule has 0 aromatic heterocycles. The second kappa shape index (κ2) is 2.96. The number of carbonyl (C=O) groups excluding carboxylic acids is 2. The van der Waals surface area contributed by atoms with Crippen LogP contribution in [0.5, 0.6) is 0 Å². The molecule has 0 amide bonds. The fourth-order valence-corrected chi connectivity index (χ4v) is 3.81. The summed E-state index contributed by atoms with van der Waals surface area (Å²) in [7, 11) is 0. The lowest BCUT2D eigenvalue weighted by Gasteiger charge is -2.46. The highest BCUT2D eigenvalue weighted by Gasteiger charge is 2.68. The summed E-state index contributed by atoms with van der Waals surface area (Å²) >= 11 is 0. The standard InChI is InChI=1S/C13H16O3/c1-9-4-7-12-5-2-3-6-13(12,8-9)11(15)16-10(12)14/h4H,2-3,5-8H2,1H3/t12-,13-/m1/s1. The number of cyclic esters (lactones) is 2. The van der Waals surface area contributed by atoms with E-state index < -0.39 is 10.8 Å². The van der Waals surface area contributed by atoms with Crippen molar-refractivity contribution in [3.8, 4) is 0 Å². The molecule has 16 heavy (non-hydrogen) atoms. The molecule has 1 saturated carbocycles. The summed E-state index contributed by atoms with van der Waals surface area (Å²) < 4.78 is 4.97. The zero-order valence-electron chi connectivity index (χ0n) is 9.54. The Balaban J connectivity index is 2.17. The SMILES string of the molecule is CC1=CC[C@@]23CCCC[C@@]2(C1)C(=O)OC3=O. The van der Waals surface area contributed by atoms with Crippen LogP contribution in [0.15, 0.2) is 11.6 Å². The summed E-state index contributed by atoms with van der Waals surface area (Å²) in [5, 5.41) is 0. The minimum Gasteiger partial charge on any atom is -0.392 e. The number of ether oxygens (including phenoxy) is 1. The van der Waals surface area contributed by atoms with Crippen molar-refractivity contribution in [2.45, 2.75) is 45.4 Å². The number of allylic oxidation sites excluding steroid dienone is 2. The van der Waals surface area contributed by atoms with Gasteiger partial charge >= 0.3 is 11.9 Å². The number of hydrogen-bond donors (Lipinski definition) is 0. The van der Waals surface area contributed by atoms with Crippen molar-refractivity contribution in [2.24, 2.45) is 10.8 Å². The Morgan fingerprint density at radius 1 is 1.12 bits per heavy atom. The summed E-state index contributed by atoms with van der Waals surface area (Å²) in [6, 6.07) is 0. The molecule has 0 radical (unpaired) electrons. The fraction of sp³-hybridized carbons (Fsp3) is 0.692. The molecular weight excluding hydrogens is 204 g/mol. The van der Waals surface area contributed by atoms with Gasteiger partial charge in [0.15, 0.2) is 0 Å². The molecule has 0 bridgehead atoms. The first-order valence-electron chi connectivity index (χ1n) is 6.03. The van der Waals surface area contributed by atoms with E-state index in [-0.39, 0.29) is 11.9 Å². The van der Waals surface area contributed by atoms with E-state index in [1.54, 1.807) is 0 Å². The van der Waals surface area contributed by atoms with Gasteiger partial charge in [-0.15, -0.1) is 0 Å². The third-order valence-corrected chi connectivity index (χ3v) is 4.72. The van der Waals surface area contributed by atoms with Gasteiger partial charge < -0.3 is 4.74 Å². The molecule has 0 spiro atoms. The largest absolute Gasteiger partial charge is 0.392 e. The Hall–Kier alpha value is -1.12. The maximum absolute atomic E-state index is 12.0. The van der Waals surface area contributed by atoms with Crippen LogP contribution in [0.25, 0.3) is 0 Å². The van der Waals surface area contributed by atoms with Gasteiger partial charge in [-0.3, -0.25) is 9.59 Å². The van der Waals surface area contributed by atoms with Crippen LogP contribution >= 0.6 is 0 Å². The second-order valence-corrected chi connectivity index (χ2v) is 5.48. The van der Waals surface area contributed by atoms with Crippen molar-refractivity contribution in [3.63, 3.8) is 0 Å². The van der Waals surface area contributed by atoms with Crippen LogP contribution in [-0.2, 0) is 14.3 Å². The number of esters is 2. The van der Waals surface area contributed by atoms with Crippen LogP contribution in [0.2, 0.25) is 0 Å². The van der Waals surface area contributed by atoms with Crippen molar-refractivity contribution in [2.75, 3.05) is 0 Å². The number of hydrogen-bond acceptors (Lipinski definition) is 3. The first-order valence-corrected chi connectivity index (χ1v) is 6.03. The van der Waals surface area contributed by atoms with E-state index in [4.69, 9.17) is 4.74 Å². The molecule has 0 N–H and O–H groups in total. The molecular formula is C13H16O3. The molecule has 0 aromatic carbocycles. The quantitative estimate of drug-likeness (QED) is 0.357. The second-order valence-electron chi connectivity index (χ2n) is 5.48. The highest BCUT2D eigenvalue weighted by atomic mass is 16.6. The third-order valence-electron chi connectivity index (χ3n) is 4.72. The van der Waals surface area contributed by atoms with Gasteiger partial charge in [0, 0.05) is 0 Å². The van der Waals surface area contributed by atoms with Gasteiger partial charge in [-0.05, 0) is 32.6 Å². The molecule has 86 valence electrons. The Bertz CT molecular complexity index is 409. The van der Waals surface area contributed by atoms with E-state index in [2.05, 4.69) is 6.08 Å². The maximum Gasteiger partial charge on any atom is 0.321 e. The van der Waals surface area contributed by atoms with E-state index in [0.29, 0.717) is 6.42 Å². The third kappa shape index (κ3) is 0.944. The van der Waals surface area contributed by atoms with Gasteiger partial charge in [-0.25, -0.2) is 0 Å². The molecule has 2 aliphatic carbocycles. The van der Waals surface area contributed by atoms with Gasteiger partial charge in [-0.2, -0.15) is 0 Å². The number of rotatable bonds is 0. The van der Waals surface area contributed by atoms with Gasteiger partial charge in [-0.1, -0.05) is 24.5 Å². The van der Waals surface area contributed by atoms with E-state index in [1.807, 2.05) is 6.92 Å². The summed E-state index contributed by atoms with van der Waals surface area (Å²) in [6.07, 6.45) is 7.25. The minimum absolute atomic E-state index is 0.260. The monoisotopic (exact) mass is 220 g/mol. The lowest BCUT2D eigenvalue weighted by atomic mass is 9.52. The molecule has 2 fully saturated rings. The van der Waals surface area contributed by atoms with Crippen molar-refractivity contribution in [3.05, 3.63) is 11.6 Å². The smallest absolute Gasteiger partial charge is 0.321 e. The molecule has 3 aliphatic rings. The van der Waals surface area contributed by atoms with Gasteiger partial charge in [0.1, 0.15) is 0 Å². The Morgan fingerprint density at radius 3 is 2.50 bits per heavy atom. The van der Waals surface area contributed by atoms with Crippen LogP contribution in [0.4, 0.5) is 0 Å². The minimum atomic E-state index is -0.513. The van der Waals surface area contributed by atoms with Gasteiger partial charge in [0.05, 0.1) is 10.8 Å². The Labute approximate surface area is 94.8 Å². The lowest BCUT2D eigenvalue weighted by molar-refractivity contribution is -0.155. The van der Waals surface area contributed by atoms with E-state index in [1.165, 1.54) is 5.57 Å². The van der Waals surface area contributed by atoms with Crippen LogP contribution in [0, 0.1) is 10.8 Å². The Morgan fingerprint density at radius 2 is 1.75 bits per heavy atom. The molecule has 3 heteroatoms. The molecule has 1 saturated heterocycles. The van der Waals surface area contributed by atoms with Crippen LogP contribution in [0.1, 0.15) is 45.4 Å². The molecule has 0 aromatic rings. The summed E-state index contributed by atoms with van der Waals surface area (Å²) in [6.45, 7) is 2.04. The van der Waals surface area contributed by atoms with Crippen molar-refractivity contribution < 1.29 is 14.3 Å². The van der Waals surface area contributed by atoms with Gasteiger partial charge in [0.25, 0.3) is 0 Å². The molecule has 1 heterocycles. The average molecular weight is 220 g/mol. The maximum atomic E-state index is 12.0. The molecule has 0 unspecified atom stereocenters. The normalized spacial score (nSPS) is 42.2. The number of carbonyl (C=O) groups is 2.